The molecule has 0 fully saturated rings. The fourth-order valence-corrected chi connectivity index (χ4v) is 2.87. The first kappa shape index (κ1) is 18.0. The molecule has 0 bridgehead atoms. The lowest BCUT2D eigenvalue weighted by molar-refractivity contribution is -0.142. The Morgan fingerprint density at radius 1 is 1.09 bits per heavy atom. The molecule has 2 unspecified atom stereocenters. The third-order valence-corrected chi connectivity index (χ3v) is 4.10. The average molecular weight is 353 g/mol. The van der Waals surface area contributed by atoms with Crippen LogP contribution in [0.1, 0.15) is 12.8 Å². The normalized spacial score (nSPS) is 24.6. The van der Waals surface area contributed by atoms with Crippen molar-refractivity contribution in [2.75, 3.05) is 0 Å². The zero-order chi connectivity index (χ0) is 17.2. The van der Waals surface area contributed by atoms with Gasteiger partial charge in [-0.15, -0.1) is 11.6 Å². The molecule has 0 aromatic heterocycles. The summed E-state index contributed by atoms with van der Waals surface area (Å²) in [6, 6.07) is 0. The summed E-state index contributed by atoms with van der Waals surface area (Å²) in [5.74, 6) is -8.04. The van der Waals surface area contributed by atoms with E-state index in [2.05, 4.69) is 0 Å². The summed E-state index contributed by atoms with van der Waals surface area (Å²) in [6.07, 6.45) is -0.918. The molecule has 1 aliphatic carbocycles. The summed E-state index contributed by atoms with van der Waals surface area (Å²) in [7, 11) is 0. The first-order valence-electron chi connectivity index (χ1n) is 5.71. The molecule has 10 heteroatoms. The third-order valence-electron chi connectivity index (χ3n) is 3.12. The molecule has 22 heavy (non-hydrogen) atoms. The topological polar surface area (TPSA) is 149 Å². The van der Waals surface area contributed by atoms with Gasteiger partial charge in [0, 0.05) is 5.92 Å². The van der Waals surface area contributed by atoms with Gasteiger partial charge in [0.2, 0.25) is 0 Å². The van der Waals surface area contributed by atoms with E-state index in [0.717, 1.165) is 6.08 Å². The zero-order valence-electron chi connectivity index (χ0n) is 10.7. The van der Waals surface area contributed by atoms with E-state index in [4.69, 9.17) is 38.5 Å². The van der Waals surface area contributed by atoms with Gasteiger partial charge in [-0.25, -0.2) is 9.59 Å². The van der Waals surface area contributed by atoms with E-state index in [1.807, 2.05) is 0 Å². The molecule has 120 valence electrons. The van der Waals surface area contributed by atoms with Crippen molar-refractivity contribution in [1.29, 1.82) is 0 Å². The maximum absolute atomic E-state index is 11.5. The van der Waals surface area contributed by atoms with E-state index in [9.17, 15) is 24.3 Å². The Balaban J connectivity index is 3.61. The summed E-state index contributed by atoms with van der Waals surface area (Å²) < 4.78 is 0. The number of halogens is 2. The van der Waals surface area contributed by atoms with E-state index in [0.29, 0.717) is 0 Å². The van der Waals surface area contributed by atoms with E-state index in [1.165, 1.54) is 0 Å². The van der Waals surface area contributed by atoms with Crippen molar-refractivity contribution in [3.8, 4) is 0 Å². The number of carboxylic acids is 4. The van der Waals surface area contributed by atoms with Crippen LogP contribution in [0.5, 0.6) is 0 Å². The van der Waals surface area contributed by atoms with Gasteiger partial charge in [0.15, 0.2) is 4.87 Å². The van der Waals surface area contributed by atoms with E-state index >= 15 is 0 Å². The van der Waals surface area contributed by atoms with Gasteiger partial charge in [0.05, 0.1) is 23.4 Å². The minimum Gasteiger partial charge on any atom is -0.481 e. The molecule has 0 heterocycles. The Morgan fingerprint density at radius 3 is 2.00 bits per heavy atom. The number of allylic oxidation sites excluding steroid dienone is 2. The largest absolute Gasteiger partial charge is 0.481 e. The monoisotopic (exact) mass is 352 g/mol. The zero-order valence-corrected chi connectivity index (χ0v) is 12.3. The van der Waals surface area contributed by atoms with Gasteiger partial charge in [-0.1, -0.05) is 11.6 Å². The van der Waals surface area contributed by atoms with Crippen LogP contribution in [0.4, 0.5) is 0 Å². The van der Waals surface area contributed by atoms with Crippen LogP contribution in [0.3, 0.4) is 0 Å². The molecule has 0 radical (unpaired) electrons. The molecule has 1 rings (SSSR count). The Morgan fingerprint density at radius 2 is 1.64 bits per heavy atom. The number of hydrogen-bond donors (Lipinski definition) is 4. The lowest BCUT2D eigenvalue weighted by Gasteiger charge is -2.36. The summed E-state index contributed by atoms with van der Waals surface area (Å²) in [5.41, 5.74) is -1.08. The molecule has 0 saturated carbocycles. The Bertz CT molecular complexity index is 621. The maximum Gasteiger partial charge on any atom is 0.333 e. The molecule has 4 N–H and O–H groups in total. The van der Waals surface area contributed by atoms with Crippen LogP contribution in [-0.2, 0) is 19.2 Å². The predicted octanol–water partition coefficient (Wildman–Crippen LogP) is 1.13. The van der Waals surface area contributed by atoms with Gasteiger partial charge in [-0.05, 0) is 11.6 Å². The number of alkyl halides is 1. The highest BCUT2D eigenvalue weighted by Crippen LogP contribution is 2.47. The third kappa shape index (κ3) is 3.23. The highest BCUT2D eigenvalue weighted by molar-refractivity contribution is 6.39. The summed E-state index contributed by atoms with van der Waals surface area (Å²) in [6.45, 7) is 0. The predicted molar refractivity (Wildman–Crippen MR) is 72.8 cm³/mol. The molecule has 1 aliphatic rings. The molecule has 0 aromatic carbocycles. The van der Waals surface area contributed by atoms with Crippen LogP contribution in [0.15, 0.2) is 22.3 Å². The van der Waals surface area contributed by atoms with Crippen molar-refractivity contribution < 1.29 is 39.6 Å². The van der Waals surface area contributed by atoms with Gasteiger partial charge in [-0.3, -0.25) is 9.59 Å². The number of rotatable bonds is 6. The minimum absolute atomic E-state index is 0.393. The van der Waals surface area contributed by atoms with Gasteiger partial charge in [0.1, 0.15) is 0 Å². The molecular formula is C12H10Cl2O8. The van der Waals surface area contributed by atoms with Crippen molar-refractivity contribution in [2.45, 2.75) is 17.7 Å². The van der Waals surface area contributed by atoms with Crippen LogP contribution in [0.25, 0.3) is 0 Å². The summed E-state index contributed by atoms with van der Waals surface area (Å²) >= 11 is 11.7. The quantitative estimate of drug-likeness (QED) is 0.519. The SMILES string of the molecule is O=C(O)CC1=CC(Cl)=C(C(=O)O)C(CC(=O)O)C1(Cl)C(=O)O. The van der Waals surface area contributed by atoms with Crippen molar-refractivity contribution in [3.63, 3.8) is 0 Å². The molecule has 0 aromatic rings. The number of aliphatic carboxylic acids is 4. The summed E-state index contributed by atoms with van der Waals surface area (Å²) in [5, 5.41) is 35.7. The van der Waals surface area contributed by atoms with Crippen molar-refractivity contribution >= 4 is 47.1 Å². The molecule has 0 saturated heterocycles. The Kier molecular flexibility index (Phi) is 5.21. The van der Waals surface area contributed by atoms with E-state index in [-0.39, 0.29) is 0 Å². The molecule has 2 atom stereocenters. The van der Waals surface area contributed by atoms with Crippen LogP contribution >= 0.6 is 23.2 Å². The van der Waals surface area contributed by atoms with E-state index in [1.54, 1.807) is 0 Å². The molecular weight excluding hydrogens is 343 g/mol. The molecule has 0 spiro atoms. The van der Waals surface area contributed by atoms with Crippen LogP contribution in [0.2, 0.25) is 0 Å². The fourth-order valence-electron chi connectivity index (χ4n) is 2.22. The van der Waals surface area contributed by atoms with Gasteiger partial charge < -0.3 is 20.4 Å². The fraction of sp³-hybridized carbons (Fsp3) is 0.333. The van der Waals surface area contributed by atoms with Gasteiger partial charge >= 0.3 is 23.9 Å². The van der Waals surface area contributed by atoms with Crippen molar-refractivity contribution in [2.24, 2.45) is 5.92 Å². The molecule has 0 amide bonds. The average Bonchev–Trinajstić information content (AvgIpc) is 2.33. The van der Waals surface area contributed by atoms with Crippen molar-refractivity contribution in [3.05, 3.63) is 22.3 Å². The number of carboxylic acid groups (broad SMARTS) is 4. The minimum atomic E-state index is -2.52. The second-order valence-electron chi connectivity index (χ2n) is 4.47. The van der Waals surface area contributed by atoms with Gasteiger partial charge in [-0.2, -0.15) is 0 Å². The maximum atomic E-state index is 11.5. The smallest absolute Gasteiger partial charge is 0.333 e. The highest BCUT2D eigenvalue weighted by Gasteiger charge is 2.54. The number of hydrogen-bond acceptors (Lipinski definition) is 4. The van der Waals surface area contributed by atoms with Crippen LogP contribution in [0, 0.1) is 5.92 Å². The second kappa shape index (κ2) is 6.37. The Hall–Kier alpha value is -2.06. The lowest BCUT2D eigenvalue weighted by atomic mass is 9.73. The highest BCUT2D eigenvalue weighted by atomic mass is 35.5. The lowest BCUT2D eigenvalue weighted by Crippen LogP contribution is -2.47. The molecule has 8 nitrogen and oxygen atoms in total. The molecule has 0 aliphatic heterocycles. The first-order valence-corrected chi connectivity index (χ1v) is 6.47. The number of carbonyl (C=O) groups is 4. The Labute approximate surface area is 133 Å². The van der Waals surface area contributed by atoms with E-state index < -0.39 is 63.7 Å². The standard InChI is InChI=1S/C12H10Cl2O8/c13-6-1-4(2-7(15)16)12(14,11(21)22)5(3-8(17)18)9(6)10(19)20/h1,5H,2-3H2,(H,15,16)(H,17,18)(H,19,20)(H,21,22). The summed E-state index contributed by atoms with van der Waals surface area (Å²) in [4.78, 5) is 42.0. The first-order chi connectivity index (χ1) is 10.0. The van der Waals surface area contributed by atoms with Crippen molar-refractivity contribution in [1.82, 2.24) is 0 Å². The van der Waals surface area contributed by atoms with Crippen LogP contribution < -0.4 is 0 Å². The second-order valence-corrected chi connectivity index (χ2v) is 5.48. The van der Waals surface area contributed by atoms with Crippen LogP contribution in [-0.4, -0.2) is 49.2 Å². The van der Waals surface area contributed by atoms with Gasteiger partial charge in [0.25, 0.3) is 0 Å².